The van der Waals surface area contributed by atoms with E-state index in [1.807, 2.05) is 27.7 Å². The number of hydrogen-bond donors (Lipinski definition) is 0. The third-order valence-electron chi connectivity index (χ3n) is 6.32. The fourth-order valence-corrected chi connectivity index (χ4v) is 4.78. The molecule has 0 amide bonds. The molecule has 31 heavy (non-hydrogen) atoms. The Balaban J connectivity index is 0.000000647. The first-order valence-corrected chi connectivity index (χ1v) is 10.9. The van der Waals surface area contributed by atoms with Crippen LogP contribution >= 0.6 is 0 Å². The summed E-state index contributed by atoms with van der Waals surface area (Å²) in [4.78, 5) is 0. The van der Waals surface area contributed by atoms with Crippen LogP contribution in [0.1, 0.15) is 71.2 Å². The summed E-state index contributed by atoms with van der Waals surface area (Å²) in [5.41, 5.74) is 8.88. The molecule has 0 saturated heterocycles. The third kappa shape index (κ3) is 3.10. The van der Waals surface area contributed by atoms with Crippen molar-refractivity contribution in [2.75, 3.05) is 0 Å². The molecule has 2 unspecified atom stereocenters. The summed E-state index contributed by atoms with van der Waals surface area (Å²) in [6, 6.07) is 21.5. The first-order valence-electron chi connectivity index (χ1n) is 10.9. The summed E-state index contributed by atoms with van der Waals surface area (Å²) >= 11 is 0. The van der Waals surface area contributed by atoms with Crippen LogP contribution in [0.25, 0.3) is 22.3 Å². The lowest BCUT2D eigenvalue weighted by Crippen LogP contribution is -2.19. The number of hydrogen-bond acceptors (Lipinski definition) is 0. The standard InChI is InChI=1S/C26H18.2C2H6.CH4/c1-5-25(3)21-13-9-7-11-17(21)19-16-24-20(15-23(19)25)18-12-8-10-14-22(18)26(24,4)6-2;2*1-2;/h1-2,7-16H,3-4H3;2*1-2H3;1H4. The summed E-state index contributed by atoms with van der Waals surface area (Å²) in [7, 11) is 0. The number of benzene rings is 3. The largest absolute Gasteiger partial charge is 0.119 e. The summed E-state index contributed by atoms with van der Waals surface area (Å²) in [5.74, 6) is 6.12. The molecule has 0 nitrogen and oxygen atoms in total. The summed E-state index contributed by atoms with van der Waals surface area (Å²) in [6.45, 7) is 12.3. The highest BCUT2D eigenvalue weighted by molar-refractivity contribution is 5.91. The second-order valence-electron chi connectivity index (χ2n) is 7.57. The molecule has 0 heterocycles. The Kier molecular flexibility index (Phi) is 6.89. The van der Waals surface area contributed by atoms with Gasteiger partial charge in [0.25, 0.3) is 0 Å². The first kappa shape index (κ1) is 24.1. The van der Waals surface area contributed by atoms with Crippen molar-refractivity contribution in [1.29, 1.82) is 0 Å². The van der Waals surface area contributed by atoms with Gasteiger partial charge in [-0.1, -0.05) is 95.5 Å². The van der Waals surface area contributed by atoms with Crippen molar-refractivity contribution in [1.82, 2.24) is 0 Å². The summed E-state index contributed by atoms with van der Waals surface area (Å²) in [6.07, 6.45) is 12.1. The van der Waals surface area contributed by atoms with E-state index in [1.54, 1.807) is 0 Å². The quantitative estimate of drug-likeness (QED) is 0.330. The van der Waals surface area contributed by atoms with Gasteiger partial charge in [-0.3, -0.25) is 0 Å². The van der Waals surface area contributed by atoms with Crippen LogP contribution in [0.2, 0.25) is 0 Å². The smallest absolute Gasteiger partial charge is 0.0793 e. The van der Waals surface area contributed by atoms with E-state index in [-0.39, 0.29) is 7.43 Å². The summed E-state index contributed by atoms with van der Waals surface area (Å²) < 4.78 is 0. The fourth-order valence-electron chi connectivity index (χ4n) is 4.78. The van der Waals surface area contributed by atoms with E-state index < -0.39 is 10.8 Å². The van der Waals surface area contributed by atoms with E-state index in [0.29, 0.717) is 0 Å². The van der Waals surface area contributed by atoms with E-state index >= 15 is 0 Å². The van der Waals surface area contributed by atoms with Crippen molar-refractivity contribution in [3.63, 3.8) is 0 Å². The van der Waals surface area contributed by atoms with Crippen LogP contribution in [0.15, 0.2) is 60.7 Å². The normalized spacial score (nSPS) is 20.5. The van der Waals surface area contributed by atoms with E-state index in [1.165, 1.54) is 44.5 Å². The maximum atomic E-state index is 6.03. The summed E-state index contributed by atoms with van der Waals surface area (Å²) in [5, 5.41) is 0. The van der Waals surface area contributed by atoms with Crippen molar-refractivity contribution in [3.05, 3.63) is 82.9 Å². The zero-order valence-corrected chi connectivity index (χ0v) is 18.9. The van der Waals surface area contributed by atoms with Crippen LogP contribution < -0.4 is 0 Å². The van der Waals surface area contributed by atoms with Crippen LogP contribution in [-0.4, -0.2) is 0 Å². The molecule has 0 saturated carbocycles. The monoisotopic (exact) mass is 406 g/mol. The minimum atomic E-state index is -0.412. The van der Waals surface area contributed by atoms with E-state index in [0.717, 1.165) is 0 Å². The van der Waals surface area contributed by atoms with Gasteiger partial charge < -0.3 is 0 Å². The van der Waals surface area contributed by atoms with E-state index in [2.05, 4.69) is 86.4 Å². The Labute approximate surface area is 189 Å². The highest BCUT2D eigenvalue weighted by Crippen LogP contribution is 2.55. The van der Waals surface area contributed by atoms with Gasteiger partial charge in [-0.15, -0.1) is 12.8 Å². The molecule has 2 aliphatic carbocycles. The van der Waals surface area contributed by atoms with Crippen molar-refractivity contribution < 1.29 is 0 Å². The molecule has 0 fully saturated rings. The van der Waals surface area contributed by atoms with Gasteiger partial charge in [-0.2, -0.15) is 0 Å². The second-order valence-corrected chi connectivity index (χ2v) is 7.57. The highest BCUT2D eigenvalue weighted by atomic mass is 14.4. The Morgan fingerprint density at radius 2 is 0.871 bits per heavy atom. The number of rotatable bonds is 0. The van der Waals surface area contributed by atoms with Gasteiger partial charge in [-0.05, 0) is 70.5 Å². The van der Waals surface area contributed by atoms with Gasteiger partial charge in [0.05, 0.1) is 10.8 Å². The number of terminal acetylenes is 2. The average molecular weight is 407 g/mol. The predicted molar refractivity (Wildman–Crippen MR) is 137 cm³/mol. The van der Waals surface area contributed by atoms with Crippen LogP contribution in [0, 0.1) is 24.7 Å². The van der Waals surface area contributed by atoms with Crippen LogP contribution in [0.3, 0.4) is 0 Å². The van der Waals surface area contributed by atoms with Gasteiger partial charge >= 0.3 is 0 Å². The molecule has 158 valence electrons. The molecule has 2 atom stereocenters. The topological polar surface area (TPSA) is 0 Å². The molecule has 0 bridgehead atoms. The Hall–Kier alpha value is -3.22. The second kappa shape index (κ2) is 8.88. The van der Waals surface area contributed by atoms with Gasteiger partial charge in [0.1, 0.15) is 0 Å². The minimum Gasteiger partial charge on any atom is -0.119 e. The zero-order chi connectivity index (χ0) is 22.1. The molecule has 3 aromatic rings. The molecular formula is C31H34. The first-order chi connectivity index (χ1) is 14.5. The molecule has 0 heteroatoms. The Morgan fingerprint density at radius 3 is 1.19 bits per heavy atom. The zero-order valence-electron chi connectivity index (χ0n) is 18.9. The molecule has 0 aromatic heterocycles. The molecule has 3 aromatic carbocycles. The van der Waals surface area contributed by atoms with Gasteiger partial charge in [0.15, 0.2) is 0 Å². The Bertz CT molecular complexity index is 1090. The van der Waals surface area contributed by atoms with Crippen molar-refractivity contribution >= 4 is 0 Å². The highest BCUT2D eigenvalue weighted by Gasteiger charge is 2.43. The fraction of sp³-hybridized carbons (Fsp3) is 0.290. The van der Waals surface area contributed by atoms with Crippen molar-refractivity contribution in [2.45, 2.75) is 59.8 Å². The Morgan fingerprint density at radius 1 is 0.548 bits per heavy atom. The minimum absolute atomic E-state index is 0. The molecule has 0 radical (unpaired) electrons. The van der Waals surface area contributed by atoms with Gasteiger partial charge in [-0.25, -0.2) is 0 Å². The van der Waals surface area contributed by atoms with Crippen molar-refractivity contribution in [2.24, 2.45) is 0 Å². The molecule has 0 aliphatic heterocycles. The number of fused-ring (bicyclic) bond motifs is 6. The van der Waals surface area contributed by atoms with Crippen molar-refractivity contribution in [3.8, 4) is 46.9 Å². The predicted octanol–water partition coefficient (Wildman–Crippen LogP) is 8.21. The lowest BCUT2D eigenvalue weighted by molar-refractivity contribution is 0.769. The van der Waals surface area contributed by atoms with E-state index in [9.17, 15) is 0 Å². The maximum Gasteiger partial charge on any atom is 0.0793 e. The third-order valence-corrected chi connectivity index (χ3v) is 6.32. The van der Waals surface area contributed by atoms with Crippen LogP contribution in [0.5, 0.6) is 0 Å². The van der Waals surface area contributed by atoms with Crippen LogP contribution in [-0.2, 0) is 10.8 Å². The lowest BCUT2D eigenvalue weighted by Gasteiger charge is -2.23. The maximum absolute atomic E-state index is 6.03. The lowest BCUT2D eigenvalue weighted by atomic mass is 9.78. The molecule has 2 aliphatic rings. The molecule has 0 N–H and O–H groups in total. The molecule has 5 rings (SSSR count). The van der Waals surface area contributed by atoms with E-state index in [4.69, 9.17) is 12.8 Å². The average Bonchev–Trinajstić information content (AvgIpc) is 3.23. The van der Waals surface area contributed by atoms with Crippen LogP contribution in [0.4, 0.5) is 0 Å². The van der Waals surface area contributed by atoms with Gasteiger partial charge in [0, 0.05) is 0 Å². The molecule has 0 spiro atoms. The molecular weight excluding hydrogens is 372 g/mol. The SMILES string of the molecule is C.C#CC1(C)c2ccccc2-c2cc3c(cc21)-c1ccccc1C3(C)C#C.CC.CC. The van der Waals surface area contributed by atoms with Gasteiger partial charge in [0.2, 0.25) is 0 Å².